The van der Waals surface area contributed by atoms with Gasteiger partial charge in [-0.15, -0.1) is 0 Å². The first-order chi connectivity index (χ1) is 2.93. The van der Waals surface area contributed by atoms with Crippen LogP contribution in [-0.4, -0.2) is 6.04 Å². The molecule has 0 heterocycles. The van der Waals surface area contributed by atoms with E-state index in [1.807, 2.05) is 0 Å². The summed E-state index contributed by atoms with van der Waals surface area (Å²) in [6.45, 7) is 0. The van der Waals surface area contributed by atoms with Crippen LogP contribution < -0.4 is 9.88 Å². The van der Waals surface area contributed by atoms with Gasteiger partial charge in [-0.2, -0.15) is 4.45 Å². The van der Waals surface area contributed by atoms with Crippen molar-refractivity contribution in [1.82, 2.24) is 9.88 Å². The second kappa shape index (κ2) is 1.91. The molecule has 0 atom stereocenters. The molecule has 0 spiro atoms. The number of hydrazine groups is 1. The number of nitrogens with one attached hydrogen (secondary N) is 2. The fraction of sp³-hybridized carbons (Fsp3) is 1.00. The Morgan fingerprint density at radius 1 is 1.50 bits per heavy atom. The van der Waals surface area contributed by atoms with Gasteiger partial charge in [0, 0.05) is 22.2 Å². The maximum atomic E-state index is 3.03. The summed E-state index contributed by atoms with van der Waals surface area (Å²) in [5, 5.41) is 0. The molecule has 1 aliphatic rings. The summed E-state index contributed by atoms with van der Waals surface area (Å²) < 4.78 is 2.69. The Labute approximate surface area is 45.6 Å². The summed E-state index contributed by atoms with van der Waals surface area (Å²) in [4.78, 5) is 0. The Morgan fingerprint density at radius 3 is 2.33 bits per heavy atom. The molecule has 3 heteroatoms. The monoisotopic (exact) mass is 150 g/mol. The summed E-state index contributed by atoms with van der Waals surface area (Å²) in [6, 6.07) is 0.740. The summed E-state index contributed by atoms with van der Waals surface area (Å²) in [5.41, 5.74) is 2.99. The highest BCUT2D eigenvalue weighted by atomic mass is 79.9. The Morgan fingerprint density at radius 2 is 2.17 bits per heavy atom. The maximum absolute atomic E-state index is 3.03. The minimum atomic E-state index is 0.740. The lowest BCUT2D eigenvalue weighted by Gasteiger charge is -1.90. The van der Waals surface area contributed by atoms with Crippen LogP contribution in [0.4, 0.5) is 0 Å². The van der Waals surface area contributed by atoms with Gasteiger partial charge in [-0.1, -0.05) is 0 Å². The smallest absolute Gasteiger partial charge is 0.0252 e. The van der Waals surface area contributed by atoms with E-state index in [2.05, 4.69) is 26.0 Å². The first-order valence-corrected chi connectivity index (χ1v) is 2.84. The van der Waals surface area contributed by atoms with Crippen LogP contribution >= 0.6 is 16.1 Å². The number of hydrogen-bond acceptors (Lipinski definition) is 2. The normalized spacial score (nSPS) is 21.5. The molecule has 36 valence electrons. The molecule has 1 aliphatic carbocycles. The van der Waals surface area contributed by atoms with Crippen LogP contribution in [0.1, 0.15) is 12.8 Å². The molecule has 6 heavy (non-hydrogen) atoms. The minimum Gasteiger partial charge on any atom is -0.245 e. The van der Waals surface area contributed by atoms with E-state index in [9.17, 15) is 0 Å². The van der Waals surface area contributed by atoms with Crippen molar-refractivity contribution in [1.29, 1.82) is 0 Å². The van der Waals surface area contributed by atoms with Crippen molar-refractivity contribution in [2.45, 2.75) is 18.9 Å². The van der Waals surface area contributed by atoms with E-state index in [4.69, 9.17) is 0 Å². The van der Waals surface area contributed by atoms with Gasteiger partial charge in [0.15, 0.2) is 0 Å². The molecule has 2 N–H and O–H groups in total. The average molecular weight is 151 g/mol. The lowest BCUT2D eigenvalue weighted by atomic mass is 10.8. The van der Waals surface area contributed by atoms with E-state index in [1.165, 1.54) is 12.8 Å². The predicted octanol–water partition coefficient (Wildman–Crippen LogP) is 0.553. The van der Waals surface area contributed by atoms with Crippen molar-refractivity contribution in [2.75, 3.05) is 0 Å². The molecule has 0 aromatic heterocycles. The van der Waals surface area contributed by atoms with Crippen molar-refractivity contribution in [3.8, 4) is 0 Å². The van der Waals surface area contributed by atoms with Crippen molar-refractivity contribution in [3.63, 3.8) is 0 Å². The quantitative estimate of drug-likeness (QED) is 0.444. The molecule has 0 unspecified atom stereocenters. The van der Waals surface area contributed by atoms with E-state index in [-0.39, 0.29) is 0 Å². The van der Waals surface area contributed by atoms with Gasteiger partial charge in [0.05, 0.1) is 0 Å². The van der Waals surface area contributed by atoms with Gasteiger partial charge in [-0.05, 0) is 12.8 Å². The molecule has 1 fully saturated rings. The van der Waals surface area contributed by atoms with Gasteiger partial charge < -0.3 is 0 Å². The minimum absolute atomic E-state index is 0.740. The molecule has 0 aliphatic heterocycles. The highest BCUT2D eigenvalue weighted by Crippen LogP contribution is 2.17. The van der Waals surface area contributed by atoms with Gasteiger partial charge >= 0.3 is 0 Å². The van der Waals surface area contributed by atoms with Crippen LogP contribution in [0.3, 0.4) is 0 Å². The lowest BCUT2D eigenvalue weighted by molar-refractivity contribution is 0.689. The topological polar surface area (TPSA) is 24.1 Å². The van der Waals surface area contributed by atoms with Crippen LogP contribution in [0, 0.1) is 0 Å². The second-order valence-corrected chi connectivity index (χ2v) is 1.91. The SMILES string of the molecule is BrNNC1CC1. The highest BCUT2D eigenvalue weighted by Gasteiger charge is 2.19. The molecule has 1 rings (SSSR count). The third kappa shape index (κ3) is 1.24. The molecule has 0 radical (unpaired) electrons. The Hall–Kier alpha value is 0.400. The summed E-state index contributed by atoms with van der Waals surface area (Å²) in [5.74, 6) is 0. The van der Waals surface area contributed by atoms with Crippen LogP contribution in [0.2, 0.25) is 0 Å². The van der Waals surface area contributed by atoms with Crippen LogP contribution in [0.15, 0.2) is 0 Å². The van der Waals surface area contributed by atoms with E-state index in [0.29, 0.717) is 0 Å². The van der Waals surface area contributed by atoms with Gasteiger partial charge in [-0.25, -0.2) is 5.43 Å². The Kier molecular flexibility index (Phi) is 1.45. The van der Waals surface area contributed by atoms with Crippen LogP contribution in [0.25, 0.3) is 0 Å². The van der Waals surface area contributed by atoms with Crippen LogP contribution in [0.5, 0.6) is 0 Å². The second-order valence-electron chi connectivity index (χ2n) is 1.51. The molecular formula is C3H7BrN2. The third-order valence-electron chi connectivity index (χ3n) is 0.836. The zero-order valence-corrected chi connectivity index (χ0v) is 4.96. The van der Waals surface area contributed by atoms with Gasteiger partial charge in [0.1, 0.15) is 0 Å². The fourth-order valence-electron chi connectivity index (χ4n) is 0.305. The predicted molar refractivity (Wildman–Crippen MR) is 28.2 cm³/mol. The first-order valence-electron chi connectivity index (χ1n) is 2.04. The van der Waals surface area contributed by atoms with Crippen molar-refractivity contribution < 1.29 is 0 Å². The molecule has 0 aromatic carbocycles. The zero-order chi connectivity index (χ0) is 4.41. The Balaban J connectivity index is 1.88. The van der Waals surface area contributed by atoms with Gasteiger partial charge in [0.2, 0.25) is 0 Å². The van der Waals surface area contributed by atoms with E-state index >= 15 is 0 Å². The summed E-state index contributed by atoms with van der Waals surface area (Å²) in [6.07, 6.45) is 2.64. The molecular weight excluding hydrogens is 144 g/mol. The van der Waals surface area contributed by atoms with Gasteiger partial charge in [-0.3, -0.25) is 0 Å². The van der Waals surface area contributed by atoms with E-state index in [1.54, 1.807) is 0 Å². The van der Waals surface area contributed by atoms with Gasteiger partial charge in [0.25, 0.3) is 0 Å². The molecule has 0 saturated heterocycles. The molecule has 1 saturated carbocycles. The number of rotatable bonds is 2. The summed E-state index contributed by atoms with van der Waals surface area (Å²) >= 11 is 3.03. The lowest BCUT2D eigenvalue weighted by Crippen LogP contribution is -2.24. The highest BCUT2D eigenvalue weighted by molar-refractivity contribution is 9.08. The maximum Gasteiger partial charge on any atom is 0.0252 e. The largest absolute Gasteiger partial charge is 0.245 e. The third-order valence-corrected chi connectivity index (χ3v) is 1.06. The average Bonchev–Trinajstić information content (AvgIpc) is 2.21. The standard InChI is InChI=1S/C3H7BrN2/c4-6-5-3-1-2-3/h3,5-6H,1-2H2. The number of halogens is 1. The van der Waals surface area contributed by atoms with E-state index < -0.39 is 0 Å². The van der Waals surface area contributed by atoms with Crippen molar-refractivity contribution >= 4 is 16.1 Å². The molecule has 0 aromatic rings. The van der Waals surface area contributed by atoms with Crippen molar-refractivity contribution in [2.24, 2.45) is 0 Å². The van der Waals surface area contributed by atoms with Crippen LogP contribution in [-0.2, 0) is 0 Å². The van der Waals surface area contributed by atoms with E-state index in [0.717, 1.165) is 6.04 Å². The summed E-state index contributed by atoms with van der Waals surface area (Å²) in [7, 11) is 0. The zero-order valence-electron chi connectivity index (χ0n) is 3.37. The first kappa shape index (κ1) is 4.56. The fourth-order valence-corrected chi connectivity index (χ4v) is 0.629. The molecule has 0 bridgehead atoms. The molecule has 0 amide bonds. The number of hydrogen-bond donors (Lipinski definition) is 2. The molecule has 2 nitrogen and oxygen atoms in total. The van der Waals surface area contributed by atoms with Crippen molar-refractivity contribution in [3.05, 3.63) is 0 Å². The Bertz CT molecular complexity index is 44.1.